The third-order valence-electron chi connectivity index (χ3n) is 16.6. The van der Waals surface area contributed by atoms with Crippen molar-refractivity contribution in [3.05, 3.63) is 25.3 Å². The van der Waals surface area contributed by atoms with E-state index < -0.39 is 0 Å². The first-order chi connectivity index (χ1) is 39.2. The van der Waals surface area contributed by atoms with E-state index in [2.05, 4.69) is 23.8 Å². The summed E-state index contributed by atoms with van der Waals surface area (Å²) in [5, 5.41) is 6.56. The first-order valence-electron chi connectivity index (χ1n) is 32.8. The van der Waals surface area contributed by atoms with Gasteiger partial charge >= 0.3 is 11.9 Å². The molecule has 2 aliphatic carbocycles. The zero-order valence-electron chi connectivity index (χ0n) is 50.3. The van der Waals surface area contributed by atoms with E-state index in [1.807, 2.05) is 0 Å². The molecule has 2 unspecified atom stereocenters. The minimum atomic E-state index is -0.359. The third kappa shape index (κ3) is 38.3. The van der Waals surface area contributed by atoms with Crippen LogP contribution >= 0.6 is 0 Å². The Balaban J connectivity index is 0.000000420. The van der Waals surface area contributed by atoms with Crippen molar-refractivity contribution in [2.24, 2.45) is 11.8 Å². The van der Waals surface area contributed by atoms with Crippen LogP contribution in [0.3, 0.4) is 0 Å². The fraction of sp³-hybridized carbons (Fsp3) is 0.848. The first-order valence-corrected chi connectivity index (χ1v) is 32.8. The maximum absolute atomic E-state index is 12.7. The monoisotopic (exact) mass is 1130 g/mol. The summed E-state index contributed by atoms with van der Waals surface area (Å²) in [6.07, 6.45) is 46.1. The van der Waals surface area contributed by atoms with E-state index in [1.54, 1.807) is 0 Å². The summed E-state index contributed by atoms with van der Waals surface area (Å²) in [5.74, 6) is 0.935. The van der Waals surface area contributed by atoms with E-state index >= 15 is 0 Å². The smallest absolute Gasteiger partial charge is 0.330 e. The fourth-order valence-electron chi connectivity index (χ4n) is 11.4. The first kappa shape index (κ1) is 70.8. The number of hydrogen-bond donors (Lipinski definition) is 2. The molecule has 80 heavy (non-hydrogen) atoms. The molecule has 2 aliphatic heterocycles. The molecule has 2 saturated carbocycles. The zero-order chi connectivity index (χ0) is 57.4. The summed E-state index contributed by atoms with van der Waals surface area (Å²) < 4.78 is 32.0. The lowest BCUT2D eigenvalue weighted by Crippen LogP contribution is -2.42. The highest BCUT2D eigenvalue weighted by molar-refractivity contribution is 5.82. The largest absolute Gasteiger partial charge is 0.463 e. The zero-order valence-corrected chi connectivity index (χ0v) is 50.3. The quantitative estimate of drug-likeness (QED) is 0.0335. The summed E-state index contributed by atoms with van der Waals surface area (Å²) in [6.45, 7) is 12.6. The maximum atomic E-state index is 12.7. The van der Waals surface area contributed by atoms with Crippen LogP contribution in [-0.4, -0.2) is 112 Å². The number of hydrogen-bond acceptors (Lipinski definition) is 12. The normalized spacial score (nSPS) is 20.4. The number of ketones is 2. The topological polar surface area (TPSA) is 182 Å². The molecule has 4 aliphatic rings. The van der Waals surface area contributed by atoms with Gasteiger partial charge in [0.15, 0.2) is 0 Å². The molecular formula is C66H114N2O12. The number of ether oxygens (including phenoxy) is 6. The van der Waals surface area contributed by atoms with Gasteiger partial charge in [0.2, 0.25) is 11.8 Å². The summed E-state index contributed by atoms with van der Waals surface area (Å²) in [5.41, 5.74) is 0. The van der Waals surface area contributed by atoms with Crippen LogP contribution in [0.25, 0.3) is 0 Å². The average molecular weight is 1130 g/mol. The van der Waals surface area contributed by atoms with Gasteiger partial charge in [0, 0.05) is 89.2 Å². The SMILES string of the molecule is C=CC(=O)OCCCCCCCCCC(=O)C[C@H]1CCCC[C@@H]1NC(=O)CCCCCCCCCOC(=O)C=C.O=C(CCCCCCCCOCC1CCO1)C[C@H]1CCCC[C@@H]1NC(=O)CCCCCCCCOCC1CCO1. The highest BCUT2D eigenvalue weighted by atomic mass is 16.6. The van der Waals surface area contributed by atoms with Crippen molar-refractivity contribution < 1.29 is 57.2 Å². The average Bonchev–Trinajstić information content (AvgIpc) is 3.42. The summed E-state index contributed by atoms with van der Waals surface area (Å²) in [4.78, 5) is 72.4. The van der Waals surface area contributed by atoms with E-state index in [4.69, 9.17) is 28.4 Å². The standard InChI is InChI=1S/C33H59NO6.C33H55NO6/c35-29(16-9-5-1-3-7-13-21-37-26-30-19-23-39-30)25-28-15-11-12-17-32(28)34-33(36)18-10-6-2-4-8-14-22-38-27-31-20-24-40-31;1-3-32(37)39-25-19-13-9-5-7-11-15-22-29(35)27-28-21-17-18-23-30(28)34-31(36)24-16-12-8-6-10-14-20-26-40-33(38)4-2/h28,30-32H,1-27H2,(H,34,36);3-4,28,30H,1-2,5-27H2,(H,34,36)/t28-,30?,31?,32+;28-,30+/m11/s1. The van der Waals surface area contributed by atoms with Crippen LogP contribution in [0.4, 0.5) is 0 Å². The molecule has 2 amide bonds. The molecule has 2 heterocycles. The molecule has 4 fully saturated rings. The Hall–Kier alpha value is -3.46. The van der Waals surface area contributed by atoms with Crippen molar-refractivity contribution in [1.29, 1.82) is 0 Å². The van der Waals surface area contributed by atoms with Gasteiger partial charge in [-0.1, -0.05) is 154 Å². The van der Waals surface area contributed by atoms with E-state index in [1.165, 1.54) is 57.1 Å². The summed E-state index contributed by atoms with van der Waals surface area (Å²) in [6, 6.07) is 0.333. The Kier molecular flexibility index (Phi) is 43.4. The van der Waals surface area contributed by atoms with Crippen LogP contribution in [0, 0.1) is 11.8 Å². The molecule has 14 nitrogen and oxygen atoms in total. The van der Waals surface area contributed by atoms with Gasteiger partial charge in [0.05, 0.1) is 38.6 Å². The summed E-state index contributed by atoms with van der Waals surface area (Å²) >= 11 is 0. The van der Waals surface area contributed by atoms with E-state index in [0.29, 0.717) is 81.4 Å². The Morgan fingerprint density at radius 3 is 1.01 bits per heavy atom. The van der Waals surface area contributed by atoms with Crippen LogP contribution in [0.5, 0.6) is 0 Å². The Bertz CT molecular complexity index is 1530. The van der Waals surface area contributed by atoms with Crippen molar-refractivity contribution in [2.45, 2.75) is 294 Å². The van der Waals surface area contributed by atoms with Crippen LogP contribution in [0.2, 0.25) is 0 Å². The van der Waals surface area contributed by atoms with Gasteiger partial charge in [-0.15, -0.1) is 0 Å². The van der Waals surface area contributed by atoms with Crippen LogP contribution in [-0.2, 0) is 57.2 Å². The summed E-state index contributed by atoms with van der Waals surface area (Å²) in [7, 11) is 0. The van der Waals surface area contributed by atoms with Gasteiger partial charge in [-0.3, -0.25) is 19.2 Å². The minimum absolute atomic E-state index is 0.132. The van der Waals surface area contributed by atoms with E-state index in [9.17, 15) is 28.8 Å². The van der Waals surface area contributed by atoms with Crippen LogP contribution in [0.15, 0.2) is 25.3 Å². The highest BCUT2D eigenvalue weighted by Crippen LogP contribution is 2.30. The van der Waals surface area contributed by atoms with Crippen molar-refractivity contribution in [3.63, 3.8) is 0 Å². The molecule has 0 spiro atoms. The number of carbonyl (C=O) groups is 6. The third-order valence-corrected chi connectivity index (χ3v) is 16.6. The van der Waals surface area contributed by atoms with Gasteiger partial charge in [-0.05, 0) is 102 Å². The number of carbonyl (C=O) groups excluding carboxylic acids is 6. The van der Waals surface area contributed by atoms with E-state index in [0.717, 1.165) is 226 Å². The van der Waals surface area contributed by atoms with Gasteiger partial charge in [-0.2, -0.15) is 0 Å². The molecule has 2 saturated heterocycles. The van der Waals surface area contributed by atoms with Crippen LogP contribution in [0.1, 0.15) is 270 Å². The van der Waals surface area contributed by atoms with E-state index in [-0.39, 0.29) is 41.8 Å². The minimum Gasteiger partial charge on any atom is -0.463 e. The molecule has 0 aromatic carbocycles. The number of rotatable bonds is 50. The molecule has 2 N–H and O–H groups in total. The molecule has 14 heteroatoms. The van der Waals surface area contributed by atoms with Crippen LogP contribution < -0.4 is 10.6 Å². The Labute approximate surface area is 485 Å². The number of amides is 2. The number of esters is 2. The number of Topliss-reactive ketones (excluding diaryl/α,β-unsaturated/α-hetero) is 2. The number of unbranched alkanes of at least 4 members (excludes halogenated alkanes) is 22. The molecule has 0 aromatic rings. The molecular weight excluding hydrogens is 1010 g/mol. The van der Waals surface area contributed by atoms with Crippen molar-refractivity contribution in [1.82, 2.24) is 10.6 Å². The van der Waals surface area contributed by atoms with Crippen molar-refractivity contribution in [2.75, 3.05) is 52.9 Å². The Morgan fingerprint density at radius 2 is 0.688 bits per heavy atom. The predicted octanol–water partition coefficient (Wildman–Crippen LogP) is 14.0. The van der Waals surface area contributed by atoms with Gasteiger partial charge in [0.25, 0.3) is 0 Å². The van der Waals surface area contributed by atoms with Gasteiger partial charge < -0.3 is 39.1 Å². The molecule has 6 atom stereocenters. The van der Waals surface area contributed by atoms with Crippen molar-refractivity contribution >= 4 is 35.3 Å². The second kappa shape index (κ2) is 49.0. The molecule has 460 valence electrons. The lowest BCUT2D eigenvalue weighted by molar-refractivity contribution is -0.138. The highest BCUT2D eigenvalue weighted by Gasteiger charge is 2.29. The van der Waals surface area contributed by atoms with Crippen molar-refractivity contribution in [3.8, 4) is 0 Å². The maximum Gasteiger partial charge on any atom is 0.330 e. The second-order valence-corrected chi connectivity index (χ2v) is 23.6. The lowest BCUT2D eigenvalue weighted by atomic mass is 9.80. The van der Waals surface area contributed by atoms with Gasteiger partial charge in [0.1, 0.15) is 11.6 Å². The predicted molar refractivity (Wildman–Crippen MR) is 318 cm³/mol. The lowest BCUT2D eigenvalue weighted by Gasteiger charge is -2.32. The molecule has 0 bridgehead atoms. The fourth-order valence-corrected chi connectivity index (χ4v) is 11.4. The van der Waals surface area contributed by atoms with Gasteiger partial charge in [-0.25, -0.2) is 9.59 Å². The molecule has 4 rings (SSSR count). The molecule has 0 radical (unpaired) electrons. The number of nitrogens with one attached hydrogen (secondary N) is 2. The second-order valence-electron chi connectivity index (χ2n) is 23.6. The Morgan fingerprint density at radius 1 is 0.388 bits per heavy atom. The molecule has 0 aromatic heterocycles.